The molecule has 9 rings (SSSR count). The largest absolute Gasteiger partial charge is 0.455 e. The van der Waals surface area contributed by atoms with Crippen LogP contribution in [0, 0.1) is 0 Å². The van der Waals surface area contributed by atoms with E-state index < -0.39 is 0 Å². The van der Waals surface area contributed by atoms with Gasteiger partial charge in [-0.05, 0) is 59.5 Å². The summed E-state index contributed by atoms with van der Waals surface area (Å²) in [6, 6.07) is 54.2. The molecule has 0 bridgehead atoms. The molecule has 0 aliphatic rings. The van der Waals surface area contributed by atoms with Gasteiger partial charge in [-0.1, -0.05) is 103 Å². The number of fused-ring (bicyclic) bond motifs is 8. The lowest BCUT2D eigenvalue weighted by Crippen LogP contribution is -2.11. The minimum Gasteiger partial charge on any atom is -0.455 e. The van der Waals surface area contributed by atoms with Gasteiger partial charge in [0.05, 0.1) is 16.8 Å². The number of hydrogen-bond donors (Lipinski definition) is 0. The average Bonchev–Trinajstić information content (AvgIpc) is 3.64. The molecule has 0 N–H and O–H groups in total. The Morgan fingerprint density at radius 3 is 2.16 bits per heavy atom. The summed E-state index contributed by atoms with van der Waals surface area (Å²) in [6.07, 6.45) is 0. The number of nitrogens with zero attached hydrogens (tertiary/aromatic N) is 1. The van der Waals surface area contributed by atoms with Crippen molar-refractivity contribution >= 4 is 81.3 Å². The van der Waals surface area contributed by atoms with Crippen molar-refractivity contribution in [1.29, 1.82) is 0 Å². The molecular weight excluding hydrogens is 543 g/mol. The van der Waals surface area contributed by atoms with Crippen LogP contribution in [-0.4, -0.2) is 0 Å². The van der Waals surface area contributed by atoms with Crippen molar-refractivity contribution in [2.24, 2.45) is 0 Å². The van der Waals surface area contributed by atoms with Crippen LogP contribution in [0.5, 0.6) is 0 Å². The first-order valence-corrected chi connectivity index (χ1v) is 15.3. The molecular formula is C40H25NOS. The molecule has 43 heavy (non-hydrogen) atoms. The van der Waals surface area contributed by atoms with Crippen molar-refractivity contribution in [3.05, 3.63) is 152 Å². The van der Waals surface area contributed by atoms with E-state index in [-0.39, 0.29) is 0 Å². The Morgan fingerprint density at radius 2 is 1.23 bits per heavy atom. The molecule has 0 atom stereocenters. The molecule has 3 heteroatoms. The summed E-state index contributed by atoms with van der Waals surface area (Å²) in [7, 11) is 0. The highest BCUT2D eigenvalue weighted by molar-refractivity contribution is 7.25. The van der Waals surface area contributed by atoms with E-state index in [1.165, 1.54) is 36.7 Å². The highest BCUT2D eigenvalue weighted by atomic mass is 32.1. The van der Waals surface area contributed by atoms with Crippen molar-refractivity contribution in [3.8, 4) is 11.1 Å². The van der Waals surface area contributed by atoms with Gasteiger partial charge in [-0.15, -0.1) is 11.3 Å². The topological polar surface area (TPSA) is 16.4 Å². The lowest BCUT2D eigenvalue weighted by atomic mass is 10.00. The Balaban J connectivity index is 1.38. The molecule has 0 aliphatic heterocycles. The van der Waals surface area contributed by atoms with E-state index in [1.54, 1.807) is 0 Å². The Labute approximate surface area is 252 Å². The molecule has 0 unspecified atom stereocenters. The number of para-hydroxylation sites is 1. The quantitative estimate of drug-likeness (QED) is 0.210. The smallest absolute Gasteiger partial charge is 0.143 e. The Bertz CT molecular complexity index is 2470. The van der Waals surface area contributed by atoms with Crippen LogP contribution < -0.4 is 4.90 Å². The van der Waals surface area contributed by atoms with Crippen molar-refractivity contribution in [1.82, 2.24) is 0 Å². The van der Waals surface area contributed by atoms with E-state index in [0.717, 1.165) is 44.4 Å². The first-order chi connectivity index (χ1) is 21.3. The van der Waals surface area contributed by atoms with Gasteiger partial charge >= 0.3 is 0 Å². The average molecular weight is 568 g/mol. The Hall–Kier alpha value is -5.38. The van der Waals surface area contributed by atoms with Gasteiger partial charge in [0.15, 0.2) is 0 Å². The van der Waals surface area contributed by atoms with Crippen LogP contribution in [0.25, 0.3) is 64.0 Å². The zero-order valence-corrected chi connectivity index (χ0v) is 24.0. The third kappa shape index (κ3) is 3.79. The molecule has 9 aromatic rings. The van der Waals surface area contributed by atoms with Crippen molar-refractivity contribution in [2.45, 2.75) is 0 Å². The number of anilines is 3. The van der Waals surface area contributed by atoms with Crippen LogP contribution in [0.4, 0.5) is 17.1 Å². The van der Waals surface area contributed by atoms with E-state index in [9.17, 15) is 0 Å². The second-order valence-corrected chi connectivity index (χ2v) is 12.0. The van der Waals surface area contributed by atoms with Gasteiger partial charge in [0.2, 0.25) is 0 Å². The van der Waals surface area contributed by atoms with Gasteiger partial charge in [0.25, 0.3) is 0 Å². The number of rotatable bonds is 4. The first kappa shape index (κ1) is 24.2. The Kier molecular flexibility index (Phi) is 5.40. The van der Waals surface area contributed by atoms with Crippen molar-refractivity contribution in [3.63, 3.8) is 0 Å². The predicted molar refractivity (Wildman–Crippen MR) is 184 cm³/mol. The van der Waals surface area contributed by atoms with E-state index in [4.69, 9.17) is 4.42 Å². The van der Waals surface area contributed by atoms with Crippen LogP contribution >= 0.6 is 11.3 Å². The van der Waals surface area contributed by atoms with Gasteiger partial charge < -0.3 is 9.32 Å². The summed E-state index contributed by atoms with van der Waals surface area (Å²) in [5, 5.41) is 7.10. The van der Waals surface area contributed by atoms with E-state index in [2.05, 4.69) is 157 Å². The number of hydrogen-bond acceptors (Lipinski definition) is 3. The summed E-state index contributed by atoms with van der Waals surface area (Å²) in [6.45, 7) is 0. The van der Waals surface area contributed by atoms with Crippen LogP contribution in [0.3, 0.4) is 0 Å². The van der Waals surface area contributed by atoms with E-state index >= 15 is 0 Å². The van der Waals surface area contributed by atoms with Gasteiger partial charge in [-0.3, -0.25) is 0 Å². The summed E-state index contributed by atoms with van der Waals surface area (Å²) < 4.78 is 9.23. The highest BCUT2D eigenvalue weighted by Gasteiger charge is 2.23. The van der Waals surface area contributed by atoms with E-state index in [1.807, 2.05) is 11.3 Å². The maximum Gasteiger partial charge on any atom is 0.143 e. The lowest BCUT2D eigenvalue weighted by molar-refractivity contribution is 0.672. The third-order valence-electron chi connectivity index (χ3n) is 8.45. The fraction of sp³-hybridized carbons (Fsp3) is 0. The molecule has 2 aromatic heterocycles. The fourth-order valence-corrected chi connectivity index (χ4v) is 7.60. The first-order valence-electron chi connectivity index (χ1n) is 14.5. The molecule has 0 radical (unpaired) electrons. The van der Waals surface area contributed by atoms with E-state index in [0.29, 0.717) is 0 Å². The van der Waals surface area contributed by atoms with Gasteiger partial charge in [0.1, 0.15) is 11.2 Å². The predicted octanol–water partition coefficient (Wildman–Crippen LogP) is 12.2. The molecule has 0 fully saturated rings. The molecule has 2 heterocycles. The summed E-state index contributed by atoms with van der Waals surface area (Å²) >= 11 is 1.85. The fourth-order valence-electron chi connectivity index (χ4n) is 6.51. The van der Waals surface area contributed by atoms with Crippen LogP contribution in [0.15, 0.2) is 156 Å². The lowest BCUT2D eigenvalue weighted by Gasteiger charge is -2.28. The molecule has 0 amide bonds. The zero-order valence-electron chi connectivity index (χ0n) is 23.2. The summed E-state index contributed by atoms with van der Waals surface area (Å²) in [5.41, 5.74) is 7.49. The molecule has 7 aromatic carbocycles. The molecule has 202 valence electrons. The van der Waals surface area contributed by atoms with Gasteiger partial charge in [-0.25, -0.2) is 0 Å². The molecule has 0 saturated carbocycles. The normalized spacial score (nSPS) is 11.7. The van der Waals surface area contributed by atoms with Crippen molar-refractivity contribution in [2.75, 3.05) is 4.90 Å². The standard InChI is InChI=1S/C40H25NOS/c1-2-11-26(12-3-1)29-14-6-8-17-34(29)41(28-22-24-38-33(25-28)31-16-7-9-20-37(31)43-38)35-18-10-19-36-39(35)32-23-21-27-13-4-5-15-30(27)40(32)42-36/h1-25H. The SMILES string of the molecule is c1ccc(-c2ccccc2N(c2ccc3sc4ccccc4c3c2)c2cccc3oc4c5ccccc5ccc4c23)cc1. The monoisotopic (exact) mass is 567 g/mol. The van der Waals surface area contributed by atoms with Crippen molar-refractivity contribution < 1.29 is 4.42 Å². The molecule has 0 saturated heterocycles. The Morgan fingerprint density at radius 1 is 0.488 bits per heavy atom. The minimum atomic E-state index is 0.883. The van der Waals surface area contributed by atoms with Crippen LogP contribution in [0.1, 0.15) is 0 Å². The maximum atomic E-state index is 6.63. The summed E-state index contributed by atoms with van der Waals surface area (Å²) in [5.74, 6) is 0. The third-order valence-corrected chi connectivity index (χ3v) is 9.61. The second-order valence-electron chi connectivity index (χ2n) is 10.9. The highest BCUT2D eigenvalue weighted by Crippen LogP contribution is 2.48. The number of benzene rings is 7. The van der Waals surface area contributed by atoms with Crippen LogP contribution in [-0.2, 0) is 0 Å². The van der Waals surface area contributed by atoms with Gasteiger partial charge in [-0.2, -0.15) is 0 Å². The zero-order chi connectivity index (χ0) is 28.3. The molecule has 0 aliphatic carbocycles. The van der Waals surface area contributed by atoms with Gasteiger partial charge in [0, 0.05) is 42.2 Å². The van der Waals surface area contributed by atoms with Crippen LogP contribution in [0.2, 0.25) is 0 Å². The molecule has 0 spiro atoms. The maximum absolute atomic E-state index is 6.63. The minimum absolute atomic E-state index is 0.883. The summed E-state index contributed by atoms with van der Waals surface area (Å²) in [4.78, 5) is 2.42. The second kappa shape index (κ2) is 9.59. The molecule has 2 nitrogen and oxygen atoms in total. The number of furan rings is 1. The number of thiophene rings is 1.